The van der Waals surface area contributed by atoms with Crippen LogP contribution < -0.4 is 0 Å². The number of rotatable bonds is 2. The molecule has 1 atom stereocenters. The Hall–Kier alpha value is -0.0900. The van der Waals surface area contributed by atoms with Crippen LogP contribution in [0.3, 0.4) is 0 Å². The third-order valence-corrected chi connectivity index (χ3v) is 3.71. The molecule has 1 aliphatic heterocycles. The van der Waals surface area contributed by atoms with E-state index in [2.05, 4.69) is 33.8 Å². The van der Waals surface area contributed by atoms with Gasteiger partial charge in [0.05, 0.1) is 12.7 Å². The molecule has 16 heavy (non-hydrogen) atoms. The molecule has 4 heteroatoms. The molecule has 0 spiro atoms. The summed E-state index contributed by atoms with van der Waals surface area (Å²) in [5.74, 6) is 0. The third kappa shape index (κ3) is 3.20. The van der Waals surface area contributed by atoms with E-state index in [0.29, 0.717) is 6.10 Å². The molecule has 0 aliphatic carbocycles. The minimum atomic E-state index is 0.333. The van der Waals surface area contributed by atoms with Crippen molar-refractivity contribution >= 4 is 27.5 Å². The molecule has 1 aromatic carbocycles. The van der Waals surface area contributed by atoms with E-state index in [1.54, 1.807) is 0 Å². The fourth-order valence-corrected chi connectivity index (χ4v) is 2.73. The number of hydrogen-bond acceptors (Lipinski definition) is 2. The molecule has 1 fully saturated rings. The van der Waals surface area contributed by atoms with Crippen LogP contribution in [0.1, 0.15) is 12.5 Å². The molecule has 1 heterocycles. The van der Waals surface area contributed by atoms with Crippen LogP contribution in [-0.2, 0) is 11.3 Å². The minimum absolute atomic E-state index is 0.333. The molecule has 0 bridgehead atoms. The van der Waals surface area contributed by atoms with Crippen molar-refractivity contribution in [3.05, 3.63) is 33.3 Å². The van der Waals surface area contributed by atoms with Gasteiger partial charge in [0.1, 0.15) is 0 Å². The average Bonchev–Trinajstić information content (AvgIpc) is 2.22. The molecule has 0 amide bonds. The maximum Gasteiger partial charge on any atom is 0.0674 e. The molecule has 1 saturated heterocycles. The van der Waals surface area contributed by atoms with Gasteiger partial charge in [-0.05, 0) is 24.6 Å². The molecule has 0 saturated carbocycles. The van der Waals surface area contributed by atoms with Crippen LogP contribution >= 0.6 is 27.5 Å². The summed E-state index contributed by atoms with van der Waals surface area (Å²) in [7, 11) is 0. The van der Waals surface area contributed by atoms with Gasteiger partial charge < -0.3 is 4.74 Å². The number of benzene rings is 1. The summed E-state index contributed by atoms with van der Waals surface area (Å²) in [6.07, 6.45) is 0.333. The van der Waals surface area contributed by atoms with E-state index in [1.165, 1.54) is 5.56 Å². The van der Waals surface area contributed by atoms with Crippen molar-refractivity contribution in [2.24, 2.45) is 0 Å². The van der Waals surface area contributed by atoms with Crippen LogP contribution in [0.4, 0.5) is 0 Å². The second-order valence-electron chi connectivity index (χ2n) is 4.15. The van der Waals surface area contributed by atoms with Crippen molar-refractivity contribution in [3.63, 3.8) is 0 Å². The topological polar surface area (TPSA) is 12.5 Å². The largest absolute Gasteiger partial charge is 0.376 e. The molecule has 0 aromatic heterocycles. The first kappa shape index (κ1) is 12.4. The molecule has 2 nitrogen and oxygen atoms in total. The molecule has 88 valence electrons. The first-order chi connectivity index (χ1) is 7.65. The molecular weight excluding hydrogens is 289 g/mol. The van der Waals surface area contributed by atoms with E-state index < -0.39 is 0 Å². The second-order valence-corrected chi connectivity index (χ2v) is 5.44. The monoisotopic (exact) mass is 303 g/mol. The lowest BCUT2D eigenvalue weighted by molar-refractivity contribution is -0.0212. The van der Waals surface area contributed by atoms with Crippen molar-refractivity contribution < 1.29 is 4.74 Å². The predicted molar refractivity (Wildman–Crippen MR) is 69.8 cm³/mol. The van der Waals surface area contributed by atoms with Gasteiger partial charge in [0, 0.05) is 29.1 Å². The first-order valence-corrected chi connectivity index (χ1v) is 6.60. The summed E-state index contributed by atoms with van der Waals surface area (Å²) in [6.45, 7) is 5.88. The van der Waals surface area contributed by atoms with Gasteiger partial charge in [-0.25, -0.2) is 0 Å². The van der Waals surface area contributed by atoms with Crippen molar-refractivity contribution in [1.29, 1.82) is 0 Å². The Morgan fingerprint density at radius 2 is 2.38 bits per heavy atom. The number of morpholine rings is 1. The van der Waals surface area contributed by atoms with E-state index >= 15 is 0 Å². The molecule has 2 rings (SSSR count). The van der Waals surface area contributed by atoms with Gasteiger partial charge in [-0.15, -0.1) is 0 Å². The molecule has 0 unspecified atom stereocenters. The maximum absolute atomic E-state index is 5.92. The predicted octanol–water partition coefficient (Wildman–Crippen LogP) is 3.32. The van der Waals surface area contributed by atoms with Gasteiger partial charge in [0.25, 0.3) is 0 Å². The smallest absolute Gasteiger partial charge is 0.0674 e. The Labute approximate surface area is 110 Å². The number of nitrogens with zero attached hydrogens (tertiary/aromatic N) is 1. The third-order valence-electron chi connectivity index (χ3n) is 2.73. The zero-order valence-corrected chi connectivity index (χ0v) is 11.6. The Bertz CT molecular complexity index is 372. The van der Waals surface area contributed by atoms with Crippen LogP contribution in [0, 0.1) is 0 Å². The number of ether oxygens (including phenoxy) is 1. The molecule has 1 aromatic rings. The maximum atomic E-state index is 5.92. The standard InChI is InChI=1S/C12H15BrClNO/c1-9-7-15(4-5-16-9)8-10-2-3-11(14)6-12(10)13/h2-3,6,9H,4-5,7-8H2,1H3/t9-/m0/s1. The van der Waals surface area contributed by atoms with Crippen molar-refractivity contribution in [1.82, 2.24) is 4.90 Å². The van der Waals surface area contributed by atoms with Crippen LogP contribution in [0.2, 0.25) is 5.02 Å². The highest BCUT2D eigenvalue weighted by molar-refractivity contribution is 9.10. The SMILES string of the molecule is C[C@H]1CN(Cc2ccc(Cl)cc2Br)CCO1. The quantitative estimate of drug-likeness (QED) is 0.831. The van der Waals surface area contributed by atoms with Crippen LogP contribution in [0.15, 0.2) is 22.7 Å². The molecule has 1 aliphatic rings. The summed E-state index contributed by atoms with van der Waals surface area (Å²) in [4.78, 5) is 2.40. The highest BCUT2D eigenvalue weighted by Crippen LogP contribution is 2.23. The van der Waals surface area contributed by atoms with Gasteiger partial charge in [0.2, 0.25) is 0 Å². The van der Waals surface area contributed by atoms with Crippen LogP contribution in [0.5, 0.6) is 0 Å². The summed E-state index contributed by atoms with van der Waals surface area (Å²) in [5, 5.41) is 0.769. The van der Waals surface area contributed by atoms with E-state index in [-0.39, 0.29) is 0 Å². The van der Waals surface area contributed by atoms with Crippen molar-refractivity contribution in [3.8, 4) is 0 Å². The average molecular weight is 305 g/mol. The lowest BCUT2D eigenvalue weighted by atomic mass is 10.2. The normalized spacial score (nSPS) is 22.3. The summed E-state index contributed by atoms with van der Waals surface area (Å²) in [5.41, 5.74) is 1.28. The molecule has 0 N–H and O–H groups in total. The highest BCUT2D eigenvalue weighted by atomic mass is 79.9. The van der Waals surface area contributed by atoms with Crippen LogP contribution in [-0.4, -0.2) is 30.7 Å². The Balaban J connectivity index is 2.02. The van der Waals surface area contributed by atoms with Gasteiger partial charge in [-0.1, -0.05) is 33.6 Å². The Morgan fingerprint density at radius 1 is 1.56 bits per heavy atom. The Kier molecular flexibility index (Phi) is 4.25. The van der Waals surface area contributed by atoms with E-state index in [0.717, 1.165) is 35.7 Å². The molecule has 0 radical (unpaired) electrons. The lowest BCUT2D eigenvalue weighted by Gasteiger charge is -2.31. The van der Waals surface area contributed by atoms with E-state index in [4.69, 9.17) is 16.3 Å². The fourth-order valence-electron chi connectivity index (χ4n) is 1.93. The van der Waals surface area contributed by atoms with E-state index in [1.807, 2.05) is 12.1 Å². The summed E-state index contributed by atoms with van der Waals surface area (Å²) < 4.78 is 6.60. The van der Waals surface area contributed by atoms with Crippen molar-refractivity contribution in [2.45, 2.75) is 19.6 Å². The first-order valence-electron chi connectivity index (χ1n) is 5.43. The van der Waals surface area contributed by atoms with Gasteiger partial charge in [-0.3, -0.25) is 4.90 Å². The Morgan fingerprint density at radius 3 is 3.06 bits per heavy atom. The zero-order chi connectivity index (χ0) is 11.5. The van der Waals surface area contributed by atoms with Crippen molar-refractivity contribution in [2.75, 3.05) is 19.7 Å². The van der Waals surface area contributed by atoms with Gasteiger partial charge in [-0.2, -0.15) is 0 Å². The lowest BCUT2D eigenvalue weighted by Crippen LogP contribution is -2.40. The van der Waals surface area contributed by atoms with Gasteiger partial charge >= 0.3 is 0 Å². The second kappa shape index (κ2) is 5.50. The van der Waals surface area contributed by atoms with Crippen LogP contribution in [0.25, 0.3) is 0 Å². The summed E-state index contributed by atoms with van der Waals surface area (Å²) in [6, 6.07) is 5.96. The van der Waals surface area contributed by atoms with Gasteiger partial charge in [0.15, 0.2) is 0 Å². The number of halogens is 2. The summed E-state index contributed by atoms with van der Waals surface area (Å²) >= 11 is 9.47. The fraction of sp³-hybridized carbons (Fsp3) is 0.500. The highest BCUT2D eigenvalue weighted by Gasteiger charge is 2.17. The van der Waals surface area contributed by atoms with E-state index in [9.17, 15) is 0 Å². The minimum Gasteiger partial charge on any atom is -0.376 e. The zero-order valence-electron chi connectivity index (χ0n) is 9.25. The number of hydrogen-bond donors (Lipinski definition) is 0. The molecular formula is C12H15BrClNO.